The first kappa shape index (κ1) is 24.3. The van der Waals surface area contributed by atoms with Gasteiger partial charge in [-0.3, -0.25) is 9.59 Å². The Kier molecular flexibility index (Phi) is 7.62. The van der Waals surface area contributed by atoms with Crippen molar-refractivity contribution in [1.82, 2.24) is 0 Å². The van der Waals surface area contributed by atoms with Gasteiger partial charge in [0.25, 0.3) is 0 Å². The lowest BCUT2D eigenvalue weighted by atomic mass is 9.67. The predicted octanol–water partition coefficient (Wildman–Crippen LogP) is 1.63. The second-order valence-electron chi connectivity index (χ2n) is 9.38. The smallest absolute Gasteiger partial charge is 0.172 e. The van der Waals surface area contributed by atoms with Crippen molar-refractivity contribution in [2.45, 2.75) is 5.92 Å². The number of benzene rings is 3. The van der Waals surface area contributed by atoms with Gasteiger partial charge in [0.1, 0.15) is 13.1 Å². The molecule has 1 spiro atoms. The van der Waals surface area contributed by atoms with E-state index in [9.17, 15) is 9.59 Å². The molecule has 2 saturated heterocycles. The van der Waals surface area contributed by atoms with Crippen LogP contribution in [0.5, 0.6) is 0 Å². The second kappa shape index (κ2) is 10.6. The molecule has 3 aromatic carbocycles. The number of hydrogen-bond acceptors (Lipinski definition) is 3. The van der Waals surface area contributed by atoms with Gasteiger partial charge < -0.3 is 21.6 Å². The van der Waals surface area contributed by atoms with Crippen molar-refractivity contribution in [2.24, 2.45) is 11.8 Å². The van der Waals surface area contributed by atoms with Crippen LogP contribution in [-0.4, -0.2) is 55.4 Å². The fourth-order valence-corrected chi connectivity index (χ4v) is 5.78. The molecule has 0 aliphatic carbocycles. The minimum atomic E-state index is -0.265. The van der Waals surface area contributed by atoms with Crippen LogP contribution in [0.1, 0.15) is 32.2 Å². The fraction of sp³-hybridized carbons (Fsp3) is 0.310. The SMILES string of the molecule is O=C(c1ccccc1)C1C[N+]2(CCOCC2)CC(C(=O)c2ccccc2)C1c1ccccc1.[Cl-]. The van der Waals surface area contributed by atoms with Crippen molar-refractivity contribution in [1.29, 1.82) is 0 Å². The van der Waals surface area contributed by atoms with E-state index < -0.39 is 0 Å². The molecule has 2 atom stereocenters. The Bertz CT molecular complexity index is 1030. The molecule has 4 nitrogen and oxygen atoms in total. The number of halogens is 1. The average Bonchev–Trinajstić information content (AvgIpc) is 2.89. The third-order valence-corrected chi connectivity index (χ3v) is 7.43. The predicted molar refractivity (Wildman–Crippen MR) is 128 cm³/mol. The molecular formula is C29H30ClNO3. The van der Waals surface area contributed by atoms with Crippen LogP contribution < -0.4 is 12.4 Å². The van der Waals surface area contributed by atoms with E-state index in [4.69, 9.17) is 4.74 Å². The van der Waals surface area contributed by atoms with Crippen LogP contribution in [0.4, 0.5) is 0 Å². The van der Waals surface area contributed by atoms with Gasteiger partial charge >= 0.3 is 0 Å². The molecule has 0 N–H and O–H groups in total. The zero-order chi connectivity index (χ0) is 22.7. The minimum Gasteiger partial charge on any atom is -1.00 e. The first-order valence-electron chi connectivity index (χ1n) is 11.8. The average molecular weight is 476 g/mol. The molecule has 2 aliphatic rings. The molecule has 0 amide bonds. The zero-order valence-corrected chi connectivity index (χ0v) is 19.9. The molecule has 0 radical (unpaired) electrons. The molecule has 2 heterocycles. The summed E-state index contributed by atoms with van der Waals surface area (Å²) in [6.07, 6.45) is 0. The third kappa shape index (κ3) is 4.85. The number of carbonyl (C=O) groups is 2. The van der Waals surface area contributed by atoms with Crippen molar-refractivity contribution in [3.63, 3.8) is 0 Å². The van der Waals surface area contributed by atoms with Gasteiger partial charge in [-0.15, -0.1) is 0 Å². The van der Waals surface area contributed by atoms with E-state index in [0.717, 1.165) is 47.4 Å². The summed E-state index contributed by atoms with van der Waals surface area (Å²) in [5.41, 5.74) is 2.53. The number of carbonyl (C=O) groups excluding carboxylic acids is 2. The molecule has 3 aromatic rings. The molecule has 34 heavy (non-hydrogen) atoms. The number of rotatable bonds is 5. The molecular weight excluding hydrogens is 446 g/mol. The van der Waals surface area contributed by atoms with Gasteiger partial charge in [-0.25, -0.2) is 0 Å². The van der Waals surface area contributed by atoms with E-state index in [2.05, 4.69) is 12.1 Å². The normalized spacial score (nSPS) is 23.6. The Morgan fingerprint density at radius 3 is 1.50 bits per heavy atom. The lowest BCUT2D eigenvalue weighted by molar-refractivity contribution is -0.944. The molecule has 0 bridgehead atoms. The number of Topliss-reactive ketones (excluding diaryl/α,β-unsaturated/α-hetero) is 2. The first-order chi connectivity index (χ1) is 16.2. The molecule has 2 fully saturated rings. The molecule has 0 aromatic heterocycles. The van der Waals surface area contributed by atoms with Gasteiger partial charge in [0, 0.05) is 17.0 Å². The van der Waals surface area contributed by atoms with Gasteiger partial charge in [0.05, 0.1) is 38.1 Å². The maximum absolute atomic E-state index is 14.0. The van der Waals surface area contributed by atoms with Crippen molar-refractivity contribution in [3.8, 4) is 0 Å². The van der Waals surface area contributed by atoms with Gasteiger partial charge in [0.15, 0.2) is 11.6 Å². The van der Waals surface area contributed by atoms with Gasteiger partial charge in [-0.1, -0.05) is 91.0 Å². The van der Waals surface area contributed by atoms with Crippen LogP contribution in [-0.2, 0) is 4.74 Å². The van der Waals surface area contributed by atoms with Crippen LogP contribution in [0.2, 0.25) is 0 Å². The van der Waals surface area contributed by atoms with E-state index >= 15 is 0 Å². The number of quaternary nitrogens is 1. The van der Waals surface area contributed by atoms with E-state index in [-0.39, 0.29) is 41.7 Å². The molecule has 176 valence electrons. The van der Waals surface area contributed by atoms with E-state index in [1.165, 1.54) is 0 Å². The first-order valence-corrected chi connectivity index (χ1v) is 11.8. The quantitative estimate of drug-likeness (QED) is 0.416. The monoisotopic (exact) mass is 475 g/mol. The Morgan fingerprint density at radius 2 is 1.06 bits per heavy atom. The van der Waals surface area contributed by atoms with E-state index in [1.807, 2.05) is 78.9 Å². The number of nitrogens with zero attached hydrogens (tertiary/aromatic N) is 1. The maximum atomic E-state index is 14.0. The summed E-state index contributed by atoms with van der Waals surface area (Å²) in [6, 6.07) is 29.3. The Morgan fingerprint density at radius 1 is 0.647 bits per heavy atom. The topological polar surface area (TPSA) is 43.4 Å². The van der Waals surface area contributed by atoms with Gasteiger partial charge in [-0.05, 0) is 5.56 Å². The summed E-state index contributed by atoms with van der Waals surface area (Å²) in [7, 11) is 0. The fourth-order valence-electron chi connectivity index (χ4n) is 5.78. The largest absolute Gasteiger partial charge is 1.00 e. The number of hydrogen-bond donors (Lipinski definition) is 0. The molecule has 0 saturated carbocycles. The van der Waals surface area contributed by atoms with Crippen LogP contribution in [0.3, 0.4) is 0 Å². The van der Waals surface area contributed by atoms with Crippen LogP contribution in [0.15, 0.2) is 91.0 Å². The van der Waals surface area contributed by atoms with Crippen LogP contribution in [0, 0.1) is 11.8 Å². The molecule has 2 aliphatic heterocycles. The highest BCUT2D eigenvalue weighted by Crippen LogP contribution is 2.43. The molecule has 5 rings (SSSR count). The summed E-state index contributed by atoms with van der Waals surface area (Å²) in [6.45, 7) is 4.53. The Balaban J connectivity index is 0.00000274. The highest BCUT2D eigenvalue weighted by molar-refractivity contribution is 6.02. The lowest BCUT2D eigenvalue weighted by Gasteiger charge is -2.51. The number of ether oxygens (including phenoxy) is 1. The van der Waals surface area contributed by atoms with Crippen LogP contribution >= 0.6 is 0 Å². The summed E-state index contributed by atoms with van der Waals surface area (Å²) >= 11 is 0. The minimum absolute atomic E-state index is 0. The Labute approximate surface area is 207 Å². The van der Waals surface area contributed by atoms with E-state index in [0.29, 0.717) is 13.2 Å². The zero-order valence-electron chi connectivity index (χ0n) is 19.2. The van der Waals surface area contributed by atoms with Gasteiger partial charge in [-0.2, -0.15) is 0 Å². The third-order valence-electron chi connectivity index (χ3n) is 7.43. The summed E-state index contributed by atoms with van der Waals surface area (Å²) < 4.78 is 6.46. The number of piperidine rings is 1. The van der Waals surface area contributed by atoms with Gasteiger partial charge in [0.2, 0.25) is 0 Å². The summed E-state index contributed by atoms with van der Waals surface area (Å²) in [5.74, 6) is -0.408. The van der Waals surface area contributed by atoms with Crippen molar-refractivity contribution < 1.29 is 31.2 Å². The van der Waals surface area contributed by atoms with Crippen molar-refractivity contribution >= 4 is 11.6 Å². The highest BCUT2D eigenvalue weighted by Gasteiger charge is 2.52. The second-order valence-corrected chi connectivity index (χ2v) is 9.38. The Hall–Kier alpha value is -2.79. The molecule has 2 unspecified atom stereocenters. The summed E-state index contributed by atoms with van der Waals surface area (Å²) in [4.78, 5) is 27.9. The lowest BCUT2D eigenvalue weighted by Crippen LogP contribution is -3.00. The number of morpholine rings is 1. The molecule has 5 heteroatoms. The van der Waals surface area contributed by atoms with E-state index in [1.54, 1.807) is 0 Å². The van der Waals surface area contributed by atoms with Crippen LogP contribution in [0.25, 0.3) is 0 Å². The summed E-state index contributed by atoms with van der Waals surface area (Å²) in [5, 5.41) is 0. The highest BCUT2D eigenvalue weighted by atomic mass is 35.5. The standard InChI is InChI=1S/C29H30NO3.ClH/c31-28(23-12-6-2-7-13-23)25-20-30(16-18-33-19-17-30)21-26(27(25)22-10-4-1-5-11-22)29(32)24-14-8-3-9-15-24;/h1-15,25-27H,16-21H2;1H/q+1;/p-1. The number of ketones is 2. The van der Waals surface area contributed by atoms with Crippen molar-refractivity contribution in [2.75, 3.05) is 39.4 Å². The maximum Gasteiger partial charge on any atom is 0.172 e. The van der Waals surface area contributed by atoms with Crippen molar-refractivity contribution in [3.05, 3.63) is 108 Å².